The highest BCUT2D eigenvalue weighted by Gasteiger charge is 2.36. The zero-order chi connectivity index (χ0) is 19.8. The lowest BCUT2D eigenvalue weighted by Crippen LogP contribution is -2.52. The molecule has 2 aliphatic heterocycles. The fourth-order valence-electron chi connectivity index (χ4n) is 3.87. The summed E-state index contributed by atoms with van der Waals surface area (Å²) in [6.45, 7) is 5.13. The molecule has 150 valence electrons. The Morgan fingerprint density at radius 3 is 2.07 bits per heavy atom. The van der Waals surface area contributed by atoms with E-state index < -0.39 is 10.0 Å². The SMILES string of the molecule is C[C@@H]1CC(C(=O)N2CCN(S(=O)(=O)c3c(Cl)cccc3Cl)CC2)C[C@H](C)O1. The van der Waals surface area contributed by atoms with Crippen molar-refractivity contribution in [3.63, 3.8) is 0 Å². The molecule has 0 saturated carbocycles. The van der Waals surface area contributed by atoms with Crippen molar-refractivity contribution in [2.45, 2.75) is 43.8 Å². The monoisotopic (exact) mass is 434 g/mol. The quantitative estimate of drug-likeness (QED) is 0.732. The van der Waals surface area contributed by atoms with E-state index in [2.05, 4.69) is 0 Å². The van der Waals surface area contributed by atoms with Crippen molar-refractivity contribution in [3.05, 3.63) is 28.2 Å². The van der Waals surface area contributed by atoms with Gasteiger partial charge in [0.1, 0.15) is 4.90 Å². The molecular formula is C18H24Cl2N2O4S. The highest BCUT2D eigenvalue weighted by atomic mass is 35.5. The van der Waals surface area contributed by atoms with Gasteiger partial charge in [-0.3, -0.25) is 4.79 Å². The van der Waals surface area contributed by atoms with Crippen LogP contribution in [0.15, 0.2) is 23.1 Å². The Morgan fingerprint density at radius 2 is 1.56 bits per heavy atom. The van der Waals surface area contributed by atoms with Crippen LogP contribution in [0.25, 0.3) is 0 Å². The zero-order valence-corrected chi connectivity index (χ0v) is 17.7. The third-order valence-corrected chi connectivity index (χ3v) is 7.97. The number of ether oxygens (including phenoxy) is 1. The van der Waals surface area contributed by atoms with Crippen LogP contribution in [0, 0.1) is 5.92 Å². The average Bonchev–Trinajstić information content (AvgIpc) is 2.60. The average molecular weight is 435 g/mol. The van der Waals surface area contributed by atoms with Crippen LogP contribution in [-0.2, 0) is 19.6 Å². The first kappa shape index (κ1) is 20.9. The van der Waals surface area contributed by atoms with Crippen molar-refractivity contribution in [2.75, 3.05) is 26.2 Å². The molecule has 2 heterocycles. The van der Waals surface area contributed by atoms with Gasteiger partial charge in [-0.1, -0.05) is 29.3 Å². The van der Waals surface area contributed by atoms with Crippen molar-refractivity contribution >= 4 is 39.1 Å². The van der Waals surface area contributed by atoms with Crippen LogP contribution in [0.4, 0.5) is 0 Å². The van der Waals surface area contributed by atoms with E-state index in [4.69, 9.17) is 27.9 Å². The number of carbonyl (C=O) groups is 1. The van der Waals surface area contributed by atoms with E-state index in [9.17, 15) is 13.2 Å². The maximum absolute atomic E-state index is 12.9. The predicted octanol–water partition coefficient (Wildman–Crippen LogP) is 3.03. The second-order valence-electron chi connectivity index (χ2n) is 7.21. The minimum atomic E-state index is -3.80. The lowest BCUT2D eigenvalue weighted by atomic mass is 9.91. The van der Waals surface area contributed by atoms with Crippen LogP contribution in [-0.4, -0.2) is 61.9 Å². The van der Waals surface area contributed by atoms with Gasteiger partial charge in [0.15, 0.2) is 0 Å². The second-order valence-corrected chi connectivity index (χ2v) is 9.89. The van der Waals surface area contributed by atoms with Gasteiger partial charge in [-0.25, -0.2) is 8.42 Å². The van der Waals surface area contributed by atoms with Gasteiger partial charge in [-0.2, -0.15) is 4.31 Å². The molecule has 0 aromatic heterocycles. The van der Waals surface area contributed by atoms with Gasteiger partial charge in [0.2, 0.25) is 15.9 Å². The number of nitrogens with zero attached hydrogens (tertiary/aromatic N) is 2. The van der Waals surface area contributed by atoms with E-state index in [0.717, 1.165) is 0 Å². The van der Waals surface area contributed by atoms with Crippen molar-refractivity contribution in [1.82, 2.24) is 9.21 Å². The van der Waals surface area contributed by atoms with Gasteiger partial charge in [0.25, 0.3) is 0 Å². The highest BCUT2D eigenvalue weighted by Crippen LogP contribution is 2.32. The number of piperazine rings is 1. The predicted molar refractivity (Wildman–Crippen MR) is 105 cm³/mol. The summed E-state index contributed by atoms with van der Waals surface area (Å²) in [5.41, 5.74) is 0. The number of carbonyl (C=O) groups excluding carboxylic acids is 1. The molecule has 0 N–H and O–H groups in total. The minimum absolute atomic E-state index is 0.0618. The molecule has 1 aromatic rings. The summed E-state index contributed by atoms with van der Waals surface area (Å²) in [6.07, 6.45) is 1.53. The van der Waals surface area contributed by atoms with Crippen molar-refractivity contribution in [2.24, 2.45) is 5.92 Å². The summed E-state index contributed by atoms with van der Waals surface area (Å²) in [7, 11) is -3.80. The zero-order valence-electron chi connectivity index (χ0n) is 15.4. The van der Waals surface area contributed by atoms with Gasteiger partial charge in [0, 0.05) is 32.1 Å². The van der Waals surface area contributed by atoms with E-state index in [0.29, 0.717) is 25.9 Å². The summed E-state index contributed by atoms with van der Waals surface area (Å²) in [4.78, 5) is 14.5. The molecule has 1 amide bonds. The molecule has 3 atom stereocenters. The van der Waals surface area contributed by atoms with E-state index in [1.165, 1.54) is 16.4 Å². The largest absolute Gasteiger partial charge is 0.376 e. The molecule has 3 rings (SSSR count). The number of benzene rings is 1. The molecule has 1 unspecified atom stereocenters. The maximum Gasteiger partial charge on any atom is 0.246 e. The van der Waals surface area contributed by atoms with Crippen molar-refractivity contribution in [1.29, 1.82) is 0 Å². The third-order valence-electron chi connectivity index (χ3n) is 5.11. The Hall–Kier alpha value is -0.860. The molecular weight excluding hydrogens is 411 g/mol. The maximum atomic E-state index is 12.9. The Balaban J connectivity index is 1.67. The summed E-state index contributed by atoms with van der Waals surface area (Å²) in [5, 5.41) is 0.206. The lowest BCUT2D eigenvalue weighted by molar-refractivity contribution is -0.144. The van der Waals surface area contributed by atoms with Gasteiger partial charge in [0.05, 0.1) is 22.3 Å². The number of rotatable bonds is 3. The molecule has 0 radical (unpaired) electrons. The van der Waals surface area contributed by atoms with Crippen molar-refractivity contribution < 1.29 is 17.9 Å². The molecule has 2 fully saturated rings. The summed E-state index contributed by atoms with van der Waals surface area (Å²) >= 11 is 12.1. The topological polar surface area (TPSA) is 66.9 Å². The number of hydrogen-bond acceptors (Lipinski definition) is 4. The first-order chi connectivity index (χ1) is 12.7. The molecule has 27 heavy (non-hydrogen) atoms. The number of amides is 1. The second kappa shape index (κ2) is 8.25. The molecule has 0 spiro atoms. The van der Waals surface area contributed by atoms with Crippen LogP contribution in [0.5, 0.6) is 0 Å². The van der Waals surface area contributed by atoms with E-state index in [1.54, 1.807) is 11.0 Å². The first-order valence-corrected chi connectivity index (χ1v) is 11.3. The third kappa shape index (κ3) is 4.43. The fraction of sp³-hybridized carbons (Fsp3) is 0.611. The van der Waals surface area contributed by atoms with E-state index in [1.807, 2.05) is 13.8 Å². The lowest BCUT2D eigenvalue weighted by Gasteiger charge is -2.38. The van der Waals surface area contributed by atoms with Gasteiger partial charge in [-0.15, -0.1) is 0 Å². The van der Waals surface area contributed by atoms with Gasteiger partial charge >= 0.3 is 0 Å². The van der Waals surface area contributed by atoms with Crippen LogP contribution in [0.2, 0.25) is 10.0 Å². The molecule has 0 bridgehead atoms. The van der Waals surface area contributed by atoms with Crippen LogP contribution in [0.1, 0.15) is 26.7 Å². The summed E-state index contributed by atoms with van der Waals surface area (Å²) in [6, 6.07) is 4.62. The molecule has 0 aliphatic carbocycles. The van der Waals surface area contributed by atoms with E-state index >= 15 is 0 Å². The standard InChI is InChI=1S/C18H24Cl2N2O4S/c1-12-10-14(11-13(2)26-12)18(23)21-6-8-22(9-7-21)27(24,25)17-15(19)4-3-5-16(17)20/h3-5,12-14H,6-11H2,1-2H3/t12-,13+,14?. The Labute approximate surface area is 170 Å². The first-order valence-electron chi connectivity index (χ1n) is 9.08. The molecule has 2 aliphatic rings. The summed E-state index contributed by atoms with van der Waals surface area (Å²) in [5.74, 6) is 0.0229. The van der Waals surface area contributed by atoms with Crippen LogP contribution >= 0.6 is 23.2 Å². The number of hydrogen-bond donors (Lipinski definition) is 0. The summed E-state index contributed by atoms with van der Waals surface area (Å²) < 4.78 is 32.9. The van der Waals surface area contributed by atoms with Gasteiger partial charge in [-0.05, 0) is 38.8 Å². The minimum Gasteiger partial charge on any atom is -0.376 e. The fourth-order valence-corrected chi connectivity index (χ4v) is 6.39. The molecule has 1 aromatic carbocycles. The number of halogens is 2. The normalized spacial score (nSPS) is 27.6. The molecule has 6 nitrogen and oxygen atoms in total. The Bertz CT molecular complexity index is 779. The molecule has 9 heteroatoms. The van der Waals surface area contributed by atoms with E-state index in [-0.39, 0.29) is 52.1 Å². The van der Waals surface area contributed by atoms with Crippen LogP contribution < -0.4 is 0 Å². The Kier molecular flexibility index (Phi) is 6.37. The van der Waals surface area contributed by atoms with Crippen molar-refractivity contribution in [3.8, 4) is 0 Å². The van der Waals surface area contributed by atoms with Gasteiger partial charge < -0.3 is 9.64 Å². The number of sulfonamides is 1. The Morgan fingerprint density at radius 1 is 1.04 bits per heavy atom. The highest BCUT2D eigenvalue weighted by molar-refractivity contribution is 7.89. The smallest absolute Gasteiger partial charge is 0.246 e. The molecule has 2 saturated heterocycles. The van der Waals surface area contributed by atoms with Crippen LogP contribution in [0.3, 0.4) is 0 Å².